The minimum absolute atomic E-state index is 0.264. The summed E-state index contributed by atoms with van der Waals surface area (Å²) in [6, 6.07) is 22.3. The number of rotatable bonds is 6. The van der Waals surface area contributed by atoms with Crippen LogP contribution in [0.3, 0.4) is 0 Å². The molecule has 0 aliphatic rings. The predicted octanol–water partition coefficient (Wildman–Crippen LogP) is 5.93. The molecule has 6 nitrogen and oxygen atoms in total. The van der Waals surface area contributed by atoms with Crippen LogP contribution in [0.1, 0.15) is 10.4 Å². The maximum Gasteiger partial charge on any atom is 0.339 e. The van der Waals surface area contributed by atoms with E-state index in [1.54, 1.807) is 48.5 Å². The second-order valence-electron chi connectivity index (χ2n) is 6.58. The fraction of sp³-hybridized carbons (Fsp3) is 0. The first-order valence-electron chi connectivity index (χ1n) is 9.12. The summed E-state index contributed by atoms with van der Waals surface area (Å²) in [4.78, 5) is 11.8. The lowest BCUT2D eigenvalue weighted by Gasteiger charge is -2.15. The molecule has 1 atom stereocenters. The lowest BCUT2D eigenvalue weighted by atomic mass is 10.1. The summed E-state index contributed by atoms with van der Waals surface area (Å²) in [6.07, 6.45) is 0. The van der Waals surface area contributed by atoms with E-state index in [1.807, 2.05) is 24.3 Å². The van der Waals surface area contributed by atoms with Gasteiger partial charge in [-0.05, 0) is 48.5 Å². The molecule has 0 spiro atoms. The number of carboxylic acids is 1. The van der Waals surface area contributed by atoms with Crippen LogP contribution in [-0.2, 0) is 11.4 Å². The molecule has 4 aromatic carbocycles. The molecular formula is C23H16BrNO5S. The normalized spacial score (nSPS) is 11.8. The van der Waals surface area contributed by atoms with Gasteiger partial charge in [-0.25, -0.2) is 9.52 Å². The summed E-state index contributed by atoms with van der Waals surface area (Å²) < 4.78 is 22.6. The van der Waals surface area contributed by atoms with Gasteiger partial charge in [0.25, 0.3) is 0 Å². The Labute approximate surface area is 189 Å². The van der Waals surface area contributed by atoms with Crippen LogP contribution in [0.15, 0.2) is 88.2 Å². The molecule has 4 aromatic rings. The van der Waals surface area contributed by atoms with Gasteiger partial charge in [0.05, 0.1) is 5.69 Å². The summed E-state index contributed by atoms with van der Waals surface area (Å²) in [5.74, 6) is -0.360. The maximum atomic E-state index is 13.0. The van der Waals surface area contributed by atoms with Gasteiger partial charge in [-0.3, -0.25) is 0 Å². The smallest absolute Gasteiger partial charge is 0.339 e. The molecule has 156 valence electrons. The van der Waals surface area contributed by atoms with E-state index in [-0.39, 0.29) is 16.2 Å². The number of aromatic carboxylic acids is 1. The number of nitrogens with one attached hydrogen (secondary N) is 1. The van der Waals surface area contributed by atoms with Crippen molar-refractivity contribution in [3.05, 3.63) is 88.9 Å². The van der Waals surface area contributed by atoms with Crippen LogP contribution >= 0.6 is 15.9 Å². The van der Waals surface area contributed by atoms with Gasteiger partial charge < -0.3 is 19.5 Å². The fourth-order valence-electron chi connectivity index (χ4n) is 3.06. The minimum atomic E-state index is -1.76. The van der Waals surface area contributed by atoms with Crippen molar-refractivity contribution in [2.75, 3.05) is 4.72 Å². The van der Waals surface area contributed by atoms with Gasteiger partial charge >= 0.3 is 5.97 Å². The number of hydrogen-bond donors (Lipinski definition) is 3. The Balaban J connectivity index is 1.58. The Kier molecular flexibility index (Phi) is 6.03. The number of fused-ring (bicyclic) bond motifs is 1. The van der Waals surface area contributed by atoms with E-state index < -0.39 is 17.3 Å². The average molecular weight is 498 g/mol. The van der Waals surface area contributed by atoms with Crippen molar-refractivity contribution in [1.29, 1.82) is 0 Å². The molecule has 31 heavy (non-hydrogen) atoms. The molecule has 0 fully saturated rings. The maximum absolute atomic E-state index is 13.0. The molecule has 1 unspecified atom stereocenters. The van der Waals surface area contributed by atoms with Crippen LogP contribution in [-0.4, -0.2) is 20.7 Å². The molecule has 0 aromatic heterocycles. The zero-order valence-corrected chi connectivity index (χ0v) is 18.3. The van der Waals surface area contributed by atoms with Crippen LogP contribution in [0.25, 0.3) is 10.8 Å². The Morgan fingerprint density at radius 2 is 1.65 bits per heavy atom. The second-order valence-corrected chi connectivity index (χ2v) is 8.67. The van der Waals surface area contributed by atoms with Crippen molar-refractivity contribution >= 4 is 49.7 Å². The van der Waals surface area contributed by atoms with Gasteiger partial charge in [-0.15, -0.1) is 0 Å². The number of aromatic hydroxyl groups is 1. The van der Waals surface area contributed by atoms with Crippen molar-refractivity contribution in [3.63, 3.8) is 0 Å². The molecule has 0 saturated heterocycles. The Hall–Kier alpha value is -3.20. The first kappa shape index (κ1) is 21.0. The first-order valence-corrected chi connectivity index (χ1v) is 11.1. The molecule has 0 amide bonds. The largest absolute Gasteiger partial charge is 0.588 e. The lowest BCUT2D eigenvalue weighted by Crippen LogP contribution is -2.14. The highest BCUT2D eigenvalue weighted by Gasteiger charge is 2.23. The van der Waals surface area contributed by atoms with Gasteiger partial charge in [-0.2, -0.15) is 0 Å². The van der Waals surface area contributed by atoms with Crippen molar-refractivity contribution < 1.29 is 24.3 Å². The van der Waals surface area contributed by atoms with Gasteiger partial charge in [0, 0.05) is 21.3 Å². The van der Waals surface area contributed by atoms with Gasteiger partial charge in [0.2, 0.25) is 0 Å². The third-order valence-electron chi connectivity index (χ3n) is 4.50. The van der Waals surface area contributed by atoms with E-state index in [4.69, 9.17) is 4.74 Å². The van der Waals surface area contributed by atoms with Crippen LogP contribution < -0.4 is 9.46 Å². The van der Waals surface area contributed by atoms with E-state index in [9.17, 15) is 19.6 Å². The first-order chi connectivity index (χ1) is 14.9. The van der Waals surface area contributed by atoms with Crippen LogP contribution in [0.2, 0.25) is 0 Å². The number of carboxylic acid groups (broad SMARTS) is 1. The highest BCUT2D eigenvalue weighted by molar-refractivity contribution is 9.10. The molecule has 0 heterocycles. The zero-order chi connectivity index (χ0) is 22.0. The third-order valence-corrected chi connectivity index (χ3v) is 6.16. The van der Waals surface area contributed by atoms with E-state index in [1.165, 1.54) is 6.07 Å². The summed E-state index contributed by atoms with van der Waals surface area (Å²) >= 11 is 1.63. The Morgan fingerprint density at radius 3 is 2.32 bits per heavy atom. The molecule has 0 radical (unpaired) electrons. The minimum Gasteiger partial charge on any atom is -0.588 e. The predicted molar refractivity (Wildman–Crippen MR) is 123 cm³/mol. The number of ether oxygens (including phenoxy) is 1. The molecule has 0 aliphatic heterocycles. The Bertz CT molecular complexity index is 1260. The van der Waals surface area contributed by atoms with Crippen LogP contribution in [0, 0.1) is 0 Å². The van der Waals surface area contributed by atoms with E-state index in [2.05, 4.69) is 20.7 Å². The quantitative estimate of drug-likeness (QED) is 0.285. The molecule has 0 saturated carbocycles. The highest BCUT2D eigenvalue weighted by Crippen LogP contribution is 2.35. The van der Waals surface area contributed by atoms with Crippen LogP contribution in [0.5, 0.6) is 17.2 Å². The Morgan fingerprint density at radius 1 is 0.935 bits per heavy atom. The monoisotopic (exact) mass is 497 g/mol. The number of anilines is 1. The van der Waals surface area contributed by atoms with Crippen molar-refractivity contribution in [2.24, 2.45) is 0 Å². The lowest BCUT2D eigenvalue weighted by molar-refractivity contribution is 0.0693. The average Bonchev–Trinajstić information content (AvgIpc) is 2.75. The van der Waals surface area contributed by atoms with Crippen LogP contribution in [0.4, 0.5) is 5.69 Å². The summed E-state index contributed by atoms with van der Waals surface area (Å²) in [5, 5.41) is 20.5. The van der Waals surface area contributed by atoms with E-state index >= 15 is 0 Å². The molecule has 4 rings (SSSR count). The number of hydrogen-bond acceptors (Lipinski definition) is 5. The molecular weight excluding hydrogens is 482 g/mol. The number of carbonyl (C=O) groups is 1. The molecule has 0 bridgehead atoms. The van der Waals surface area contributed by atoms with E-state index in [0.717, 1.165) is 4.47 Å². The zero-order valence-electron chi connectivity index (χ0n) is 15.9. The van der Waals surface area contributed by atoms with Gasteiger partial charge in [0.15, 0.2) is 4.90 Å². The summed E-state index contributed by atoms with van der Waals surface area (Å²) in [6.45, 7) is 0. The highest BCUT2D eigenvalue weighted by atomic mass is 79.9. The van der Waals surface area contributed by atoms with Crippen molar-refractivity contribution in [1.82, 2.24) is 0 Å². The third kappa shape index (κ3) is 4.61. The molecule has 8 heteroatoms. The van der Waals surface area contributed by atoms with Crippen molar-refractivity contribution in [3.8, 4) is 17.2 Å². The van der Waals surface area contributed by atoms with Crippen molar-refractivity contribution in [2.45, 2.75) is 4.90 Å². The summed E-state index contributed by atoms with van der Waals surface area (Å²) in [5.41, 5.74) is 0.260. The number of benzene rings is 4. The summed E-state index contributed by atoms with van der Waals surface area (Å²) in [7, 11) is 0. The SMILES string of the molecule is O=C(O)c1cc([S+]([O-])Nc2ccc(Oc3cccc(Br)c3)cc2)c2ccccc2c1O. The van der Waals surface area contributed by atoms with E-state index in [0.29, 0.717) is 28.0 Å². The fourth-order valence-corrected chi connectivity index (χ4v) is 4.50. The number of halogens is 1. The topological polar surface area (TPSA) is 102 Å². The molecule has 3 N–H and O–H groups in total. The van der Waals surface area contributed by atoms with Gasteiger partial charge in [-0.1, -0.05) is 40.2 Å². The van der Waals surface area contributed by atoms with Gasteiger partial charge in [0.1, 0.15) is 34.2 Å². The second kappa shape index (κ2) is 8.89. The standard InChI is InChI=1S/C23H16BrNO5S/c24-14-4-3-5-17(12-14)30-16-10-8-15(9-11-16)25-31(29)21-13-20(23(27)28)22(26)19-7-2-1-6-18(19)21/h1-13,25-26H,(H,27,28). The number of phenols is 1. The molecule has 0 aliphatic carbocycles.